The Morgan fingerprint density at radius 1 is 1.54 bits per heavy atom. The standard InChI is InChI=1S/C8H16N2O2.ClH/c1-8(2,3)12-7(11)10-5-4-6(10)9;/h6H,4-5,9H2,1-3H3;1H. The van der Waals surface area contributed by atoms with Crippen LogP contribution < -0.4 is 5.73 Å². The van der Waals surface area contributed by atoms with E-state index in [1.807, 2.05) is 20.8 Å². The average molecular weight is 209 g/mol. The van der Waals surface area contributed by atoms with E-state index in [1.54, 1.807) is 0 Å². The number of carbonyl (C=O) groups excluding carboxylic acids is 1. The molecule has 1 unspecified atom stereocenters. The molecule has 1 heterocycles. The van der Waals surface area contributed by atoms with Gasteiger partial charge in [0.25, 0.3) is 0 Å². The minimum Gasteiger partial charge on any atom is -0.444 e. The Balaban J connectivity index is 0.00000144. The molecule has 78 valence electrons. The number of hydrogen-bond donors (Lipinski definition) is 1. The Kier molecular flexibility index (Phi) is 4.00. The summed E-state index contributed by atoms with van der Waals surface area (Å²) in [6.07, 6.45) is 0.431. The topological polar surface area (TPSA) is 55.6 Å². The van der Waals surface area contributed by atoms with Crippen molar-refractivity contribution >= 4 is 18.5 Å². The lowest BCUT2D eigenvalue weighted by Gasteiger charge is -2.38. The Bertz CT molecular complexity index is 191. The smallest absolute Gasteiger partial charge is 0.411 e. The van der Waals surface area contributed by atoms with Gasteiger partial charge in [-0.15, -0.1) is 12.4 Å². The maximum atomic E-state index is 11.3. The summed E-state index contributed by atoms with van der Waals surface area (Å²) in [5, 5.41) is 0. The number of nitrogens with two attached hydrogens (primary N) is 1. The fraction of sp³-hybridized carbons (Fsp3) is 0.875. The maximum Gasteiger partial charge on any atom is 0.411 e. The highest BCUT2D eigenvalue weighted by Crippen LogP contribution is 2.17. The molecular weight excluding hydrogens is 192 g/mol. The molecule has 0 aromatic carbocycles. The molecule has 0 spiro atoms. The van der Waals surface area contributed by atoms with Crippen molar-refractivity contribution in [1.82, 2.24) is 4.90 Å². The molecule has 13 heavy (non-hydrogen) atoms. The third-order valence-corrected chi connectivity index (χ3v) is 1.69. The van der Waals surface area contributed by atoms with Crippen LogP contribution >= 0.6 is 12.4 Å². The zero-order valence-electron chi connectivity index (χ0n) is 8.24. The van der Waals surface area contributed by atoms with Crippen molar-refractivity contribution in [2.75, 3.05) is 6.54 Å². The van der Waals surface area contributed by atoms with Crippen LogP contribution in [-0.2, 0) is 4.74 Å². The second kappa shape index (κ2) is 4.15. The summed E-state index contributed by atoms with van der Waals surface area (Å²) in [4.78, 5) is 12.8. The van der Waals surface area contributed by atoms with Gasteiger partial charge in [0, 0.05) is 6.54 Å². The number of nitrogens with zero attached hydrogens (tertiary/aromatic N) is 1. The molecule has 1 fully saturated rings. The SMILES string of the molecule is CC(C)(C)OC(=O)N1CCC1N.Cl. The number of hydrogen-bond acceptors (Lipinski definition) is 3. The molecule has 1 rings (SSSR count). The summed E-state index contributed by atoms with van der Waals surface area (Å²) in [6, 6.07) is 0. The van der Waals surface area contributed by atoms with E-state index in [4.69, 9.17) is 10.5 Å². The van der Waals surface area contributed by atoms with Gasteiger partial charge in [-0.25, -0.2) is 4.79 Å². The summed E-state index contributed by atoms with van der Waals surface area (Å²) in [7, 11) is 0. The Morgan fingerprint density at radius 2 is 2.08 bits per heavy atom. The molecule has 1 saturated heterocycles. The fourth-order valence-corrected chi connectivity index (χ4v) is 0.955. The lowest BCUT2D eigenvalue weighted by atomic mass is 10.1. The van der Waals surface area contributed by atoms with Crippen LogP contribution in [0.2, 0.25) is 0 Å². The third-order valence-electron chi connectivity index (χ3n) is 1.69. The van der Waals surface area contributed by atoms with Crippen LogP contribution in [0.25, 0.3) is 0 Å². The van der Waals surface area contributed by atoms with Crippen molar-refractivity contribution in [3.8, 4) is 0 Å². The molecule has 0 saturated carbocycles. The summed E-state index contributed by atoms with van der Waals surface area (Å²) >= 11 is 0. The monoisotopic (exact) mass is 208 g/mol. The van der Waals surface area contributed by atoms with E-state index < -0.39 is 5.60 Å². The van der Waals surface area contributed by atoms with E-state index in [1.165, 1.54) is 4.90 Å². The molecule has 0 aliphatic carbocycles. The first-order chi connectivity index (χ1) is 5.40. The largest absolute Gasteiger partial charge is 0.444 e. The van der Waals surface area contributed by atoms with Gasteiger partial charge in [-0.2, -0.15) is 0 Å². The van der Waals surface area contributed by atoms with Gasteiger partial charge in [-0.3, -0.25) is 4.90 Å². The Labute approximate surface area is 84.8 Å². The number of amides is 1. The number of halogens is 1. The van der Waals surface area contributed by atoms with E-state index in [9.17, 15) is 4.79 Å². The van der Waals surface area contributed by atoms with Crippen LogP contribution in [0.5, 0.6) is 0 Å². The second-order valence-corrected chi connectivity index (χ2v) is 4.03. The van der Waals surface area contributed by atoms with E-state index in [0.717, 1.165) is 13.0 Å². The van der Waals surface area contributed by atoms with Gasteiger partial charge in [-0.1, -0.05) is 0 Å². The summed E-state index contributed by atoms with van der Waals surface area (Å²) in [5.74, 6) is 0. The number of carbonyl (C=O) groups is 1. The van der Waals surface area contributed by atoms with Gasteiger partial charge in [0.05, 0.1) is 6.17 Å². The van der Waals surface area contributed by atoms with Gasteiger partial charge in [-0.05, 0) is 27.2 Å². The summed E-state index contributed by atoms with van der Waals surface area (Å²) in [6.45, 7) is 6.25. The van der Waals surface area contributed by atoms with Crippen molar-refractivity contribution in [3.05, 3.63) is 0 Å². The van der Waals surface area contributed by atoms with Crippen LogP contribution in [0.3, 0.4) is 0 Å². The van der Waals surface area contributed by atoms with E-state index >= 15 is 0 Å². The lowest BCUT2D eigenvalue weighted by Crippen LogP contribution is -2.57. The highest BCUT2D eigenvalue weighted by atomic mass is 35.5. The average Bonchev–Trinajstić information content (AvgIpc) is 1.79. The molecule has 1 atom stereocenters. The number of ether oxygens (including phenoxy) is 1. The summed E-state index contributed by atoms with van der Waals surface area (Å²) < 4.78 is 5.12. The van der Waals surface area contributed by atoms with E-state index in [-0.39, 0.29) is 24.7 Å². The van der Waals surface area contributed by atoms with Crippen LogP contribution in [0, 0.1) is 0 Å². The fourth-order valence-electron chi connectivity index (χ4n) is 0.955. The molecular formula is C8H17ClN2O2. The van der Waals surface area contributed by atoms with Crippen molar-refractivity contribution in [3.63, 3.8) is 0 Å². The highest BCUT2D eigenvalue weighted by Gasteiger charge is 2.32. The molecule has 1 amide bonds. The van der Waals surface area contributed by atoms with Gasteiger partial charge < -0.3 is 10.5 Å². The van der Waals surface area contributed by atoms with Crippen molar-refractivity contribution < 1.29 is 9.53 Å². The van der Waals surface area contributed by atoms with Crippen LogP contribution in [-0.4, -0.2) is 29.3 Å². The predicted octanol–water partition coefficient (Wildman–Crippen LogP) is 1.33. The van der Waals surface area contributed by atoms with Crippen molar-refractivity contribution in [2.45, 2.75) is 39.0 Å². The first kappa shape index (κ1) is 12.5. The van der Waals surface area contributed by atoms with E-state index in [0.29, 0.717) is 0 Å². The lowest BCUT2D eigenvalue weighted by molar-refractivity contribution is -0.00387. The molecule has 0 bridgehead atoms. The molecule has 5 heteroatoms. The highest BCUT2D eigenvalue weighted by molar-refractivity contribution is 5.85. The van der Waals surface area contributed by atoms with Crippen molar-refractivity contribution in [2.24, 2.45) is 5.73 Å². The molecule has 1 aliphatic rings. The number of rotatable bonds is 0. The minimum absolute atomic E-state index is 0. The molecule has 0 aromatic rings. The predicted molar refractivity (Wildman–Crippen MR) is 52.8 cm³/mol. The minimum atomic E-state index is -0.424. The van der Waals surface area contributed by atoms with Crippen LogP contribution in [0.15, 0.2) is 0 Å². The van der Waals surface area contributed by atoms with Crippen LogP contribution in [0.1, 0.15) is 27.2 Å². The van der Waals surface area contributed by atoms with Gasteiger partial charge >= 0.3 is 6.09 Å². The van der Waals surface area contributed by atoms with Gasteiger partial charge in [0.1, 0.15) is 5.60 Å². The Morgan fingerprint density at radius 3 is 2.31 bits per heavy atom. The Hall–Kier alpha value is -0.480. The van der Waals surface area contributed by atoms with Crippen molar-refractivity contribution in [1.29, 1.82) is 0 Å². The zero-order valence-corrected chi connectivity index (χ0v) is 9.06. The number of likely N-dealkylation sites (tertiary alicyclic amines) is 1. The molecule has 2 N–H and O–H groups in total. The summed E-state index contributed by atoms with van der Waals surface area (Å²) in [5.41, 5.74) is 5.14. The normalized spacial score (nSPS) is 21.5. The first-order valence-corrected chi connectivity index (χ1v) is 4.15. The third kappa shape index (κ3) is 3.40. The second-order valence-electron chi connectivity index (χ2n) is 4.03. The molecule has 4 nitrogen and oxygen atoms in total. The molecule has 1 aliphatic heterocycles. The van der Waals surface area contributed by atoms with E-state index in [2.05, 4.69) is 0 Å². The molecule has 0 radical (unpaired) electrons. The zero-order chi connectivity index (χ0) is 9.35. The first-order valence-electron chi connectivity index (χ1n) is 4.15. The molecule has 0 aromatic heterocycles. The van der Waals surface area contributed by atoms with Gasteiger partial charge in [0.15, 0.2) is 0 Å². The maximum absolute atomic E-state index is 11.3. The van der Waals surface area contributed by atoms with Gasteiger partial charge in [0.2, 0.25) is 0 Å². The quantitative estimate of drug-likeness (QED) is 0.654. The van der Waals surface area contributed by atoms with Crippen LogP contribution in [0.4, 0.5) is 4.79 Å².